The first-order valence-electron chi connectivity index (χ1n) is 6.67. The number of hydrogen-bond acceptors (Lipinski definition) is 4. The number of nitrogens with zero attached hydrogens (tertiary/aromatic N) is 2. The molecule has 1 heterocycles. The van der Waals surface area contributed by atoms with Gasteiger partial charge in [-0.1, -0.05) is 18.2 Å². The summed E-state index contributed by atoms with van der Waals surface area (Å²) < 4.78 is 6.65. The third-order valence-corrected chi connectivity index (χ3v) is 2.81. The van der Waals surface area contributed by atoms with Gasteiger partial charge in [-0.15, -0.1) is 0 Å². The van der Waals surface area contributed by atoms with E-state index >= 15 is 0 Å². The first-order chi connectivity index (χ1) is 10.2. The van der Waals surface area contributed by atoms with Gasteiger partial charge in [-0.25, -0.2) is 4.68 Å². The van der Waals surface area contributed by atoms with E-state index < -0.39 is 0 Å². The van der Waals surface area contributed by atoms with Gasteiger partial charge < -0.3 is 10.1 Å². The van der Waals surface area contributed by atoms with E-state index in [4.69, 9.17) is 4.74 Å². The number of para-hydroxylation sites is 1. The minimum absolute atomic E-state index is 0.223. The molecule has 110 valence electrons. The number of nitrogens with one attached hydrogen (secondary N) is 1. The summed E-state index contributed by atoms with van der Waals surface area (Å²) in [6, 6.07) is 12.2. The van der Waals surface area contributed by atoms with Crippen molar-refractivity contribution in [2.75, 3.05) is 13.2 Å². The van der Waals surface area contributed by atoms with E-state index in [1.165, 1.54) is 19.2 Å². The van der Waals surface area contributed by atoms with E-state index in [1.807, 2.05) is 30.3 Å². The quantitative estimate of drug-likeness (QED) is 0.804. The fourth-order valence-electron chi connectivity index (χ4n) is 1.69. The summed E-state index contributed by atoms with van der Waals surface area (Å²) in [6.45, 7) is 1.00. The minimum Gasteiger partial charge on any atom is -0.494 e. The molecule has 0 saturated heterocycles. The Morgan fingerprint density at radius 1 is 1.24 bits per heavy atom. The third-order valence-electron chi connectivity index (χ3n) is 2.81. The van der Waals surface area contributed by atoms with Crippen LogP contribution in [0.3, 0.4) is 0 Å². The van der Waals surface area contributed by atoms with Gasteiger partial charge in [0.05, 0.1) is 6.61 Å². The number of aromatic nitrogens is 2. The number of carbonyl (C=O) groups excluding carboxylic acids is 1. The zero-order chi connectivity index (χ0) is 15.1. The van der Waals surface area contributed by atoms with Gasteiger partial charge in [-0.2, -0.15) is 5.10 Å². The minimum atomic E-state index is -0.301. The molecule has 0 unspecified atom stereocenters. The molecular weight excluding hydrogens is 270 g/mol. The fourth-order valence-corrected chi connectivity index (χ4v) is 1.69. The number of rotatable bonds is 6. The summed E-state index contributed by atoms with van der Waals surface area (Å²) >= 11 is 0. The number of aryl methyl sites for hydroxylation is 1. The van der Waals surface area contributed by atoms with Gasteiger partial charge in [0.15, 0.2) is 0 Å². The van der Waals surface area contributed by atoms with Gasteiger partial charge in [-0.05, 0) is 24.6 Å². The van der Waals surface area contributed by atoms with Crippen molar-refractivity contribution >= 4 is 5.91 Å². The lowest BCUT2D eigenvalue weighted by Gasteiger charge is -2.07. The molecular formula is C15H17N3O3. The Morgan fingerprint density at radius 2 is 2.00 bits per heavy atom. The van der Waals surface area contributed by atoms with E-state index in [9.17, 15) is 9.59 Å². The molecule has 21 heavy (non-hydrogen) atoms. The second kappa shape index (κ2) is 7.23. The van der Waals surface area contributed by atoms with Crippen LogP contribution in [0.2, 0.25) is 0 Å². The molecule has 0 saturated carbocycles. The average molecular weight is 287 g/mol. The molecule has 1 N–H and O–H groups in total. The van der Waals surface area contributed by atoms with Crippen molar-refractivity contribution in [3.05, 3.63) is 58.5 Å². The smallest absolute Gasteiger partial charge is 0.271 e. The summed E-state index contributed by atoms with van der Waals surface area (Å²) in [4.78, 5) is 23.0. The van der Waals surface area contributed by atoms with Crippen molar-refractivity contribution in [3.63, 3.8) is 0 Å². The number of ether oxygens (including phenoxy) is 1. The van der Waals surface area contributed by atoms with Crippen molar-refractivity contribution in [1.82, 2.24) is 15.1 Å². The molecule has 0 aliphatic carbocycles. The molecule has 0 aliphatic heterocycles. The van der Waals surface area contributed by atoms with Gasteiger partial charge >= 0.3 is 0 Å². The first kappa shape index (κ1) is 14.8. The first-order valence-corrected chi connectivity index (χ1v) is 6.67. The zero-order valence-corrected chi connectivity index (χ0v) is 11.8. The Kier molecular flexibility index (Phi) is 5.09. The lowest BCUT2D eigenvalue weighted by molar-refractivity contribution is 0.0944. The molecule has 0 aliphatic rings. The standard InChI is InChI=1S/C15H17N3O3/c1-18-14(19)9-8-13(17-18)15(20)16-10-5-11-21-12-6-3-2-4-7-12/h2-4,6-9H,5,10-11H2,1H3,(H,16,20). The van der Waals surface area contributed by atoms with Gasteiger partial charge in [0.1, 0.15) is 11.4 Å². The molecule has 0 radical (unpaired) electrons. The number of benzene rings is 1. The summed E-state index contributed by atoms with van der Waals surface area (Å²) in [5, 5.41) is 6.62. The van der Waals surface area contributed by atoms with Gasteiger partial charge in [0.25, 0.3) is 11.5 Å². The Bertz CT molecular complexity index is 653. The molecule has 0 atom stereocenters. The molecule has 6 heteroatoms. The van der Waals surface area contributed by atoms with Crippen molar-refractivity contribution < 1.29 is 9.53 Å². The number of amides is 1. The lowest BCUT2D eigenvalue weighted by Crippen LogP contribution is -2.29. The largest absolute Gasteiger partial charge is 0.494 e. The van der Waals surface area contributed by atoms with E-state index in [1.54, 1.807) is 0 Å². The monoisotopic (exact) mass is 287 g/mol. The SMILES string of the molecule is Cn1nc(C(=O)NCCCOc2ccccc2)ccc1=O. The molecule has 6 nitrogen and oxygen atoms in total. The van der Waals surface area contributed by atoms with Gasteiger partial charge in [-0.3, -0.25) is 9.59 Å². The highest BCUT2D eigenvalue weighted by Crippen LogP contribution is 2.07. The highest BCUT2D eigenvalue weighted by molar-refractivity contribution is 5.91. The summed E-state index contributed by atoms with van der Waals surface area (Å²) in [6.07, 6.45) is 0.687. The van der Waals surface area contributed by atoms with E-state index in [2.05, 4.69) is 10.4 Å². The second-order valence-electron chi connectivity index (χ2n) is 4.45. The molecule has 2 rings (SSSR count). The van der Waals surface area contributed by atoms with Gasteiger partial charge in [0, 0.05) is 19.7 Å². The normalized spacial score (nSPS) is 10.1. The molecule has 0 bridgehead atoms. The van der Waals surface area contributed by atoms with Crippen LogP contribution in [0.15, 0.2) is 47.3 Å². The maximum atomic E-state index is 11.8. The molecule has 1 aromatic carbocycles. The van der Waals surface area contributed by atoms with E-state index in [0.717, 1.165) is 10.4 Å². The Morgan fingerprint density at radius 3 is 2.71 bits per heavy atom. The lowest BCUT2D eigenvalue weighted by atomic mass is 10.3. The Hall–Kier alpha value is -2.63. The summed E-state index contributed by atoms with van der Waals surface area (Å²) in [5.41, 5.74) is -0.0242. The van der Waals surface area contributed by atoms with E-state index in [0.29, 0.717) is 19.6 Å². The highest BCUT2D eigenvalue weighted by atomic mass is 16.5. The van der Waals surface area contributed by atoms with Crippen LogP contribution in [-0.2, 0) is 7.05 Å². The van der Waals surface area contributed by atoms with Crippen molar-refractivity contribution in [1.29, 1.82) is 0 Å². The number of hydrogen-bond donors (Lipinski definition) is 1. The van der Waals surface area contributed by atoms with Crippen molar-refractivity contribution in [2.45, 2.75) is 6.42 Å². The van der Waals surface area contributed by atoms with Crippen molar-refractivity contribution in [3.8, 4) is 5.75 Å². The van der Waals surface area contributed by atoms with Crippen LogP contribution in [0.5, 0.6) is 5.75 Å². The van der Waals surface area contributed by atoms with Gasteiger partial charge in [0.2, 0.25) is 0 Å². The topological polar surface area (TPSA) is 73.2 Å². The predicted molar refractivity (Wildman–Crippen MR) is 78.4 cm³/mol. The fraction of sp³-hybridized carbons (Fsp3) is 0.267. The van der Waals surface area contributed by atoms with Crippen LogP contribution in [0.4, 0.5) is 0 Å². The van der Waals surface area contributed by atoms with Crippen LogP contribution in [0, 0.1) is 0 Å². The average Bonchev–Trinajstić information content (AvgIpc) is 2.50. The van der Waals surface area contributed by atoms with Crippen LogP contribution < -0.4 is 15.6 Å². The maximum absolute atomic E-state index is 11.8. The molecule has 1 amide bonds. The third kappa shape index (κ3) is 4.45. The highest BCUT2D eigenvalue weighted by Gasteiger charge is 2.07. The molecule has 0 spiro atoms. The molecule has 0 fully saturated rings. The summed E-state index contributed by atoms with van der Waals surface area (Å²) in [5.74, 6) is 0.508. The van der Waals surface area contributed by atoms with Crippen LogP contribution in [-0.4, -0.2) is 28.8 Å². The van der Waals surface area contributed by atoms with Crippen molar-refractivity contribution in [2.24, 2.45) is 7.05 Å². The number of carbonyl (C=O) groups is 1. The Balaban J connectivity index is 1.72. The summed E-state index contributed by atoms with van der Waals surface area (Å²) in [7, 11) is 1.51. The Labute approximate surface area is 122 Å². The maximum Gasteiger partial charge on any atom is 0.271 e. The van der Waals surface area contributed by atoms with Crippen LogP contribution in [0.1, 0.15) is 16.9 Å². The molecule has 2 aromatic rings. The van der Waals surface area contributed by atoms with E-state index in [-0.39, 0.29) is 17.2 Å². The van der Waals surface area contributed by atoms with Crippen LogP contribution >= 0.6 is 0 Å². The molecule has 1 aromatic heterocycles. The second-order valence-corrected chi connectivity index (χ2v) is 4.45. The van der Waals surface area contributed by atoms with Crippen LogP contribution in [0.25, 0.3) is 0 Å². The predicted octanol–water partition coefficient (Wildman–Crippen LogP) is 0.979. The zero-order valence-electron chi connectivity index (χ0n) is 11.8.